The van der Waals surface area contributed by atoms with E-state index in [0.29, 0.717) is 4.90 Å². The van der Waals surface area contributed by atoms with Crippen LogP contribution in [-0.2, 0) is 23.0 Å². The molecule has 5 heteroatoms. The number of para-hydroxylation sites is 1. The number of aromatic nitrogens is 2. The van der Waals surface area contributed by atoms with Gasteiger partial charge < -0.3 is 4.57 Å². The third-order valence-electron chi connectivity index (χ3n) is 5.54. The van der Waals surface area contributed by atoms with Crippen molar-refractivity contribution >= 4 is 27.0 Å². The molecule has 5 rings (SSSR count). The van der Waals surface area contributed by atoms with Crippen molar-refractivity contribution in [3.05, 3.63) is 84.1 Å². The normalized spacial score (nSPS) is 13.3. The Morgan fingerprint density at radius 1 is 1.00 bits per heavy atom. The lowest BCUT2D eigenvalue weighted by molar-refractivity contribution is 0.588. The largest absolute Gasteiger partial charge is 0.345 e. The van der Waals surface area contributed by atoms with Gasteiger partial charge >= 0.3 is 0 Å². The Morgan fingerprint density at radius 2 is 1.75 bits per heavy atom. The molecule has 1 aliphatic rings. The van der Waals surface area contributed by atoms with Crippen molar-refractivity contribution in [2.24, 2.45) is 0 Å². The minimum absolute atomic E-state index is 0.297. The van der Waals surface area contributed by atoms with Gasteiger partial charge in [0.2, 0.25) is 0 Å². The number of rotatable bonds is 3. The van der Waals surface area contributed by atoms with Gasteiger partial charge in [-0.3, -0.25) is 0 Å². The zero-order valence-electron chi connectivity index (χ0n) is 15.6. The molecule has 1 aliphatic heterocycles. The zero-order valence-corrected chi connectivity index (χ0v) is 16.4. The number of hydrogen-bond acceptors (Lipinski definition) is 2. The van der Waals surface area contributed by atoms with Crippen molar-refractivity contribution in [3.8, 4) is 11.4 Å². The molecule has 0 aliphatic carbocycles. The van der Waals surface area contributed by atoms with Crippen LogP contribution in [0.2, 0.25) is 0 Å². The first-order valence-electron chi connectivity index (χ1n) is 9.29. The summed E-state index contributed by atoms with van der Waals surface area (Å²) in [7, 11) is -3.76. The minimum atomic E-state index is -3.76. The van der Waals surface area contributed by atoms with Crippen LogP contribution < -0.4 is 0 Å². The molecule has 0 saturated carbocycles. The summed E-state index contributed by atoms with van der Waals surface area (Å²) in [4.78, 5) is 0.297. The van der Waals surface area contributed by atoms with Crippen LogP contribution in [0.15, 0.2) is 72.3 Å². The monoisotopic (exact) mass is 388 g/mol. The molecule has 0 radical (unpaired) electrons. The summed E-state index contributed by atoms with van der Waals surface area (Å²) in [5, 5.41) is 0.996. The second-order valence-corrected chi connectivity index (χ2v) is 8.98. The molecule has 2 aromatic heterocycles. The molecule has 4 aromatic rings. The lowest BCUT2D eigenvalue weighted by Crippen LogP contribution is -2.18. The van der Waals surface area contributed by atoms with E-state index in [9.17, 15) is 8.42 Å². The highest BCUT2D eigenvalue weighted by Gasteiger charge is 2.31. The molecular weight excluding hydrogens is 368 g/mol. The Balaban J connectivity index is 1.92. The molecule has 0 unspecified atom stereocenters. The van der Waals surface area contributed by atoms with Gasteiger partial charge in [0.1, 0.15) is 0 Å². The average molecular weight is 388 g/mol. The molecule has 0 spiro atoms. The minimum Gasteiger partial charge on any atom is -0.345 e. The number of fused-ring (bicyclic) bond motifs is 5. The van der Waals surface area contributed by atoms with Gasteiger partial charge in [0.25, 0.3) is 10.0 Å². The zero-order chi connectivity index (χ0) is 19.5. The van der Waals surface area contributed by atoms with Crippen LogP contribution in [-0.4, -0.2) is 17.0 Å². The smallest absolute Gasteiger partial charge is 0.268 e. The van der Waals surface area contributed by atoms with E-state index >= 15 is 0 Å². The molecule has 0 fully saturated rings. The van der Waals surface area contributed by atoms with Crippen molar-refractivity contribution in [2.45, 2.75) is 24.8 Å². The van der Waals surface area contributed by atoms with Crippen LogP contribution in [0, 0.1) is 6.92 Å². The van der Waals surface area contributed by atoms with E-state index in [0.717, 1.165) is 51.9 Å². The molecule has 0 saturated heterocycles. The highest BCUT2D eigenvalue weighted by molar-refractivity contribution is 7.90. The molecule has 0 amide bonds. The topological polar surface area (TPSA) is 44.0 Å². The summed E-state index contributed by atoms with van der Waals surface area (Å²) in [6.07, 6.45) is 4.60. The van der Waals surface area contributed by atoms with Gasteiger partial charge in [-0.25, -0.2) is 12.4 Å². The van der Waals surface area contributed by atoms with E-state index in [1.807, 2.05) is 55.6 Å². The van der Waals surface area contributed by atoms with Crippen molar-refractivity contribution in [3.63, 3.8) is 0 Å². The second kappa shape index (κ2) is 5.97. The Bertz CT molecular complexity index is 1340. The van der Waals surface area contributed by atoms with E-state index in [2.05, 4.69) is 11.1 Å². The van der Waals surface area contributed by atoms with Gasteiger partial charge in [0.15, 0.2) is 0 Å². The highest BCUT2D eigenvalue weighted by Crippen LogP contribution is 2.41. The summed E-state index contributed by atoms with van der Waals surface area (Å²) < 4.78 is 31.2. The lowest BCUT2D eigenvalue weighted by Gasteiger charge is -2.20. The van der Waals surface area contributed by atoms with Crippen LogP contribution in [0.4, 0.5) is 0 Å². The molecule has 3 heterocycles. The fourth-order valence-corrected chi connectivity index (χ4v) is 5.73. The summed E-state index contributed by atoms with van der Waals surface area (Å²) in [6.45, 7) is 6.70. The fourth-order valence-electron chi connectivity index (χ4n) is 4.18. The maximum absolute atomic E-state index is 13.8. The molecule has 2 aromatic carbocycles. The first-order valence-corrected chi connectivity index (χ1v) is 10.7. The predicted molar refractivity (Wildman–Crippen MR) is 113 cm³/mol. The van der Waals surface area contributed by atoms with E-state index in [-0.39, 0.29) is 0 Å². The average Bonchev–Trinajstić information content (AvgIpc) is 3.27. The van der Waals surface area contributed by atoms with Gasteiger partial charge in [0, 0.05) is 23.7 Å². The van der Waals surface area contributed by atoms with Gasteiger partial charge in [-0.05, 0) is 43.2 Å². The maximum Gasteiger partial charge on any atom is 0.268 e. The van der Waals surface area contributed by atoms with E-state index in [1.54, 1.807) is 18.2 Å². The lowest BCUT2D eigenvalue weighted by atomic mass is 10.0. The molecule has 0 bridgehead atoms. The van der Waals surface area contributed by atoms with Crippen molar-refractivity contribution in [1.29, 1.82) is 0 Å². The summed E-state index contributed by atoms with van der Waals surface area (Å²) in [5.41, 5.74) is 5.46. The van der Waals surface area contributed by atoms with E-state index in [4.69, 9.17) is 0 Å². The number of nitrogens with zero attached hydrogens (tertiary/aromatic N) is 2. The molecule has 28 heavy (non-hydrogen) atoms. The van der Waals surface area contributed by atoms with Gasteiger partial charge in [-0.1, -0.05) is 48.6 Å². The molecule has 140 valence electrons. The number of benzene rings is 2. The third kappa shape index (κ3) is 2.26. The standard InChI is InChI=1S/C23H20N2O2S/c1-3-17-12-14-24-15-13-20-19-6-4-5-7-21(19)25(23(20)22(17)24)28(26,27)18-10-8-16(2)9-11-18/h3-12,14H,1,13,15H2,2H3. The summed E-state index contributed by atoms with van der Waals surface area (Å²) in [6, 6.07) is 16.8. The van der Waals surface area contributed by atoms with Crippen LogP contribution >= 0.6 is 0 Å². The quantitative estimate of drug-likeness (QED) is 0.503. The molecular formula is C23H20N2O2S. The fraction of sp³-hybridized carbons (Fsp3) is 0.130. The maximum atomic E-state index is 13.8. The molecule has 0 atom stereocenters. The SMILES string of the molecule is C=Cc1ccn2c1-c1c(c3ccccc3n1S(=O)(=O)c1ccc(C)cc1)CC2. The summed E-state index contributed by atoms with van der Waals surface area (Å²) >= 11 is 0. The first-order chi connectivity index (χ1) is 13.5. The van der Waals surface area contributed by atoms with E-state index < -0.39 is 10.0 Å². The Kier molecular flexibility index (Phi) is 3.64. The van der Waals surface area contributed by atoms with Crippen molar-refractivity contribution < 1.29 is 8.42 Å². The highest BCUT2D eigenvalue weighted by atomic mass is 32.2. The van der Waals surface area contributed by atoms with Crippen molar-refractivity contribution in [1.82, 2.24) is 8.54 Å². The predicted octanol–water partition coefficient (Wildman–Crippen LogP) is 4.85. The second-order valence-electron chi connectivity index (χ2n) is 7.19. The van der Waals surface area contributed by atoms with Gasteiger partial charge in [0.05, 0.1) is 21.8 Å². The number of aryl methyl sites for hydroxylation is 3. The van der Waals surface area contributed by atoms with E-state index in [1.165, 1.54) is 3.97 Å². The Labute approximate surface area is 164 Å². The van der Waals surface area contributed by atoms with Gasteiger partial charge in [-0.15, -0.1) is 0 Å². The van der Waals surface area contributed by atoms with Crippen LogP contribution in [0.3, 0.4) is 0 Å². The van der Waals surface area contributed by atoms with Crippen LogP contribution in [0.1, 0.15) is 16.7 Å². The van der Waals surface area contributed by atoms with Crippen LogP contribution in [0.5, 0.6) is 0 Å². The van der Waals surface area contributed by atoms with Crippen molar-refractivity contribution in [2.75, 3.05) is 0 Å². The van der Waals surface area contributed by atoms with Crippen LogP contribution in [0.25, 0.3) is 28.4 Å². The molecule has 0 N–H and O–H groups in total. The summed E-state index contributed by atoms with van der Waals surface area (Å²) in [5.74, 6) is 0. The Hall–Kier alpha value is -3.05. The Morgan fingerprint density at radius 3 is 2.50 bits per heavy atom. The first kappa shape index (κ1) is 17.1. The number of hydrogen-bond donors (Lipinski definition) is 0. The molecule has 4 nitrogen and oxygen atoms in total. The van der Waals surface area contributed by atoms with Gasteiger partial charge in [-0.2, -0.15) is 0 Å². The third-order valence-corrected chi connectivity index (χ3v) is 7.27.